The molecule has 0 unspecified atom stereocenters. The number of methoxy groups -OCH3 is 1. The van der Waals surface area contributed by atoms with Gasteiger partial charge in [-0.05, 0) is 31.5 Å². The van der Waals surface area contributed by atoms with Crippen LogP contribution in [-0.2, 0) is 0 Å². The minimum Gasteiger partial charge on any atom is -0.497 e. The Balaban J connectivity index is 2.85. The maximum absolute atomic E-state index is 5.04. The smallest absolute Gasteiger partial charge is 0.118 e. The van der Waals surface area contributed by atoms with Crippen LogP contribution in [0.5, 0.6) is 5.75 Å². The number of ether oxygens (including phenoxy) is 1. The van der Waals surface area contributed by atoms with Gasteiger partial charge >= 0.3 is 0 Å². The molecule has 0 saturated carbocycles. The van der Waals surface area contributed by atoms with E-state index in [-0.39, 0.29) is 0 Å². The molecule has 0 fully saturated rings. The van der Waals surface area contributed by atoms with Gasteiger partial charge in [0.2, 0.25) is 0 Å². The molecule has 1 nitrogen and oxygen atoms in total. The van der Waals surface area contributed by atoms with Gasteiger partial charge in [0.05, 0.1) is 7.11 Å². The van der Waals surface area contributed by atoms with E-state index in [9.17, 15) is 0 Å². The molecular formula is C11H13O. The Morgan fingerprint density at radius 2 is 1.92 bits per heavy atom. The van der Waals surface area contributed by atoms with Crippen LogP contribution < -0.4 is 4.74 Å². The monoisotopic (exact) mass is 161 g/mol. The van der Waals surface area contributed by atoms with E-state index in [4.69, 9.17) is 4.74 Å². The van der Waals surface area contributed by atoms with Gasteiger partial charge in [-0.15, -0.1) is 0 Å². The molecule has 1 rings (SSSR count). The predicted octanol–water partition coefficient (Wildman–Crippen LogP) is 2.93. The Kier molecular flexibility index (Phi) is 2.92. The van der Waals surface area contributed by atoms with Gasteiger partial charge in [0, 0.05) is 0 Å². The highest BCUT2D eigenvalue weighted by Gasteiger charge is 1.89. The first-order chi connectivity index (χ1) is 5.72. The lowest BCUT2D eigenvalue weighted by Crippen LogP contribution is -1.81. The van der Waals surface area contributed by atoms with Crippen molar-refractivity contribution in [3.05, 3.63) is 42.3 Å². The fourth-order valence-electron chi connectivity index (χ4n) is 0.985. The first kappa shape index (κ1) is 8.85. The Morgan fingerprint density at radius 3 is 2.33 bits per heavy atom. The lowest BCUT2D eigenvalue weighted by Gasteiger charge is -1.99. The zero-order valence-electron chi connectivity index (χ0n) is 7.50. The van der Waals surface area contributed by atoms with Crippen molar-refractivity contribution in [2.45, 2.75) is 6.92 Å². The van der Waals surface area contributed by atoms with E-state index < -0.39 is 0 Å². The molecule has 12 heavy (non-hydrogen) atoms. The zero-order valence-corrected chi connectivity index (χ0v) is 7.50. The molecule has 0 atom stereocenters. The topological polar surface area (TPSA) is 9.23 Å². The van der Waals surface area contributed by atoms with Crippen LogP contribution in [0, 0.1) is 6.92 Å². The number of benzene rings is 1. The maximum Gasteiger partial charge on any atom is 0.118 e. The van der Waals surface area contributed by atoms with Crippen molar-refractivity contribution in [3.63, 3.8) is 0 Å². The minimum atomic E-state index is 0.883. The molecule has 0 aliphatic heterocycles. The summed E-state index contributed by atoms with van der Waals surface area (Å²) in [6.07, 6.45) is 2.03. The van der Waals surface area contributed by atoms with E-state index in [0.717, 1.165) is 16.9 Å². The highest BCUT2D eigenvalue weighted by molar-refractivity contribution is 5.54. The van der Waals surface area contributed by atoms with Crippen LogP contribution in [0.1, 0.15) is 12.5 Å². The largest absolute Gasteiger partial charge is 0.497 e. The summed E-state index contributed by atoms with van der Waals surface area (Å²) in [4.78, 5) is 0. The third-order valence-electron chi connectivity index (χ3n) is 1.53. The molecule has 1 aromatic carbocycles. The molecule has 0 aliphatic carbocycles. The van der Waals surface area contributed by atoms with Gasteiger partial charge in [-0.2, -0.15) is 0 Å². The fourth-order valence-corrected chi connectivity index (χ4v) is 0.985. The number of hydrogen-bond acceptors (Lipinski definition) is 1. The van der Waals surface area contributed by atoms with Crippen LogP contribution >= 0.6 is 0 Å². The van der Waals surface area contributed by atoms with Crippen molar-refractivity contribution in [1.82, 2.24) is 0 Å². The molecule has 0 N–H and O–H groups in total. The van der Waals surface area contributed by atoms with Crippen molar-refractivity contribution < 1.29 is 4.74 Å². The van der Waals surface area contributed by atoms with Crippen LogP contribution in [0.4, 0.5) is 0 Å². The van der Waals surface area contributed by atoms with Crippen molar-refractivity contribution in [2.75, 3.05) is 7.11 Å². The van der Waals surface area contributed by atoms with E-state index in [1.165, 1.54) is 0 Å². The van der Waals surface area contributed by atoms with E-state index >= 15 is 0 Å². The first-order valence-corrected chi connectivity index (χ1v) is 3.86. The summed E-state index contributed by atoms with van der Waals surface area (Å²) in [6, 6.07) is 7.89. The molecule has 0 aliphatic rings. The molecule has 0 amide bonds. The first-order valence-electron chi connectivity index (χ1n) is 3.86. The second kappa shape index (κ2) is 3.96. The Morgan fingerprint density at radius 1 is 1.33 bits per heavy atom. The molecule has 0 aromatic heterocycles. The van der Waals surface area contributed by atoms with Crippen molar-refractivity contribution in [2.24, 2.45) is 0 Å². The zero-order chi connectivity index (χ0) is 8.97. The molecule has 1 aromatic rings. The van der Waals surface area contributed by atoms with Crippen molar-refractivity contribution in [1.29, 1.82) is 0 Å². The lowest BCUT2D eigenvalue weighted by atomic mass is 10.1. The summed E-state index contributed by atoms with van der Waals surface area (Å²) in [7, 11) is 1.66. The molecule has 0 heterocycles. The molecule has 1 radical (unpaired) electrons. The van der Waals surface area contributed by atoms with E-state index in [0.29, 0.717) is 0 Å². The van der Waals surface area contributed by atoms with Gasteiger partial charge < -0.3 is 4.74 Å². The second-order valence-electron chi connectivity index (χ2n) is 2.76. The van der Waals surface area contributed by atoms with Gasteiger partial charge in [0.1, 0.15) is 5.75 Å². The third-order valence-corrected chi connectivity index (χ3v) is 1.53. The van der Waals surface area contributed by atoms with Gasteiger partial charge in [0.25, 0.3) is 0 Å². The van der Waals surface area contributed by atoms with Crippen LogP contribution in [0.2, 0.25) is 0 Å². The highest BCUT2D eigenvalue weighted by Crippen LogP contribution is 2.13. The summed E-state index contributed by atoms with van der Waals surface area (Å²) in [5.74, 6) is 0.883. The second-order valence-corrected chi connectivity index (χ2v) is 2.76. The minimum absolute atomic E-state index is 0.883. The van der Waals surface area contributed by atoms with E-state index in [1.807, 2.05) is 37.3 Å². The highest BCUT2D eigenvalue weighted by atomic mass is 16.5. The Labute approximate surface area is 73.7 Å². The number of rotatable bonds is 2. The van der Waals surface area contributed by atoms with Gasteiger partial charge in [-0.1, -0.05) is 23.8 Å². The van der Waals surface area contributed by atoms with Crippen LogP contribution in [0.25, 0.3) is 6.08 Å². The molecule has 1 heteroatoms. The summed E-state index contributed by atoms with van der Waals surface area (Å²) in [6.45, 7) is 5.78. The summed E-state index contributed by atoms with van der Waals surface area (Å²) < 4.78 is 5.04. The van der Waals surface area contributed by atoms with Crippen molar-refractivity contribution in [3.8, 4) is 5.75 Å². The van der Waals surface area contributed by atoms with Gasteiger partial charge in [-0.3, -0.25) is 0 Å². The van der Waals surface area contributed by atoms with E-state index in [2.05, 4.69) is 6.92 Å². The van der Waals surface area contributed by atoms with Crippen LogP contribution in [0.3, 0.4) is 0 Å². The predicted molar refractivity (Wildman–Crippen MR) is 52.0 cm³/mol. The van der Waals surface area contributed by atoms with Crippen LogP contribution in [-0.4, -0.2) is 7.11 Å². The standard InChI is InChI=1S/C11H13O/c1-9(2)8-10-4-6-11(12-3)7-5-10/h4-8H,1H2,2-3H3. The van der Waals surface area contributed by atoms with Gasteiger partial charge in [-0.25, -0.2) is 0 Å². The quantitative estimate of drug-likeness (QED) is 0.648. The maximum atomic E-state index is 5.04. The number of hydrogen-bond donors (Lipinski definition) is 0. The average molecular weight is 161 g/mol. The van der Waals surface area contributed by atoms with Crippen molar-refractivity contribution >= 4 is 6.08 Å². The molecule has 0 bridgehead atoms. The summed E-state index contributed by atoms with van der Waals surface area (Å²) >= 11 is 0. The molecular weight excluding hydrogens is 148 g/mol. The lowest BCUT2D eigenvalue weighted by molar-refractivity contribution is 0.415. The molecule has 63 valence electrons. The third kappa shape index (κ3) is 2.42. The normalized spacial score (nSPS) is 11.4. The number of allylic oxidation sites excluding steroid dienone is 1. The summed E-state index contributed by atoms with van der Waals surface area (Å²) in [5, 5.41) is 0. The molecule has 0 spiro atoms. The summed E-state index contributed by atoms with van der Waals surface area (Å²) in [5.41, 5.74) is 2.21. The molecule has 0 saturated heterocycles. The average Bonchev–Trinajstić information content (AvgIpc) is 2.05. The Hall–Kier alpha value is -1.24. The van der Waals surface area contributed by atoms with Gasteiger partial charge in [0.15, 0.2) is 0 Å². The van der Waals surface area contributed by atoms with Crippen LogP contribution in [0.15, 0.2) is 29.8 Å². The van der Waals surface area contributed by atoms with E-state index in [1.54, 1.807) is 7.11 Å². The fraction of sp³-hybridized carbons (Fsp3) is 0.182. The SMILES string of the molecule is [CH2]C(C)=Cc1ccc(OC)cc1. The Bertz CT molecular complexity index is 266.